The molecule has 2 fully saturated rings. The van der Waals surface area contributed by atoms with Crippen LogP contribution in [0.1, 0.15) is 60.6 Å². The highest BCUT2D eigenvalue weighted by atomic mass is 35.5. The van der Waals surface area contributed by atoms with E-state index in [0.717, 1.165) is 73.3 Å². The van der Waals surface area contributed by atoms with Crippen LogP contribution in [0.25, 0.3) is 0 Å². The molecule has 1 N–H and O–H groups in total. The van der Waals surface area contributed by atoms with Crippen LogP contribution in [0, 0.1) is 0 Å². The van der Waals surface area contributed by atoms with Crippen molar-refractivity contribution in [1.29, 1.82) is 0 Å². The highest BCUT2D eigenvalue weighted by Gasteiger charge is 2.45. The number of benzene rings is 2. The van der Waals surface area contributed by atoms with E-state index < -0.39 is 5.97 Å². The molecule has 2 heterocycles. The molecule has 2 aromatic rings. The molecule has 2 aliphatic heterocycles. The number of halogens is 2. The first-order valence-electron chi connectivity index (χ1n) is 11.1. The van der Waals surface area contributed by atoms with E-state index in [2.05, 4.69) is 23.1 Å². The number of piperidine rings is 1. The quantitative estimate of drug-likeness (QED) is 0.587. The number of carboxylic acid groups (broad SMARTS) is 1. The Hall–Kier alpha value is -1.75. The summed E-state index contributed by atoms with van der Waals surface area (Å²) in [6.07, 6.45) is 4.16. The van der Waals surface area contributed by atoms with Gasteiger partial charge in [-0.05, 0) is 86.5 Å². The van der Waals surface area contributed by atoms with Gasteiger partial charge in [0.15, 0.2) is 0 Å². The molecule has 1 aliphatic carbocycles. The summed E-state index contributed by atoms with van der Waals surface area (Å²) in [7, 11) is 0. The van der Waals surface area contributed by atoms with Crippen LogP contribution in [0.5, 0.6) is 5.75 Å². The van der Waals surface area contributed by atoms with Crippen molar-refractivity contribution in [3.05, 3.63) is 63.1 Å². The van der Waals surface area contributed by atoms with E-state index in [1.54, 1.807) is 0 Å². The second-order valence-electron chi connectivity index (χ2n) is 9.25. The van der Waals surface area contributed by atoms with Crippen molar-refractivity contribution in [2.24, 2.45) is 0 Å². The molecule has 1 saturated carbocycles. The zero-order valence-corrected chi connectivity index (χ0v) is 19.0. The Labute approximate surface area is 193 Å². The summed E-state index contributed by atoms with van der Waals surface area (Å²) in [6, 6.07) is 12.5. The number of carboxylic acids is 1. The maximum absolute atomic E-state index is 10.7. The highest BCUT2D eigenvalue weighted by Crippen LogP contribution is 2.59. The van der Waals surface area contributed by atoms with Crippen molar-refractivity contribution in [1.82, 2.24) is 4.90 Å². The number of hydrogen-bond donors (Lipinski definition) is 1. The van der Waals surface area contributed by atoms with Crippen molar-refractivity contribution in [3.63, 3.8) is 0 Å². The number of rotatable bonds is 6. The number of likely N-dealkylation sites (tertiary alicyclic amines) is 1. The van der Waals surface area contributed by atoms with Gasteiger partial charge in [0.25, 0.3) is 0 Å². The number of carbonyl (C=O) groups is 1. The highest BCUT2D eigenvalue weighted by molar-refractivity contribution is 6.36. The molecule has 164 valence electrons. The van der Waals surface area contributed by atoms with E-state index in [1.807, 2.05) is 18.2 Å². The zero-order chi connectivity index (χ0) is 21.6. The molecule has 2 unspecified atom stereocenters. The minimum Gasteiger partial charge on any atom is -0.492 e. The molecule has 0 aromatic heterocycles. The van der Waals surface area contributed by atoms with E-state index in [1.165, 1.54) is 11.1 Å². The van der Waals surface area contributed by atoms with Crippen LogP contribution in [0.2, 0.25) is 10.0 Å². The van der Waals surface area contributed by atoms with Crippen LogP contribution in [0.15, 0.2) is 36.4 Å². The molecule has 5 rings (SSSR count). The summed E-state index contributed by atoms with van der Waals surface area (Å²) in [6.45, 7) is 3.61. The van der Waals surface area contributed by atoms with Crippen LogP contribution in [0.4, 0.5) is 0 Å². The van der Waals surface area contributed by atoms with Gasteiger partial charge in [0.05, 0.1) is 6.61 Å². The van der Waals surface area contributed by atoms with E-state index >= 15 is 0 Å². The predicted octanol–water partition coefficient (Wildman–Crippen LogP) is 5.86. The number of hydrogen-bond acceptors (Lipinski definition) is 3. The van der Waals surface area contributed by atoms with E-state index in [9.17, 15) is 4.79 Å². The molecule has 4 nitrogen and oxygen atoms in total. The third kappa shape index (κ3) is 4.06. The molecule has 6 heteroatoms. The van der Waals surface area contributed by atoms with E-state index in [-0.39, 0.29) is 11.8 Å². The van der Waals surface area contributed by atoms with Crippen molar-refractivity contribution < 1.29 is 14.6 Å². The fourth-order valence-corrected chi connectivity index (χ4v) is 6.12. The van der Waals surface area contributed by atoms with Crippen molar-refractivity contribution in [2.75, 3.05) is 26.2 Å². The molecule has 31 heavy (non-hydrogen) atoms. The molecular weight excluding hydrogens is 433 g/mol. The Morgan fingerprint density at radius 1 is 1.13 bits per heavy atom. The number of ether oxygens (including phenoxy) is 1. The van der Waals surface area contributed by atoms with Gasteiger partial charge >= 0.3 is 5.97 Å². The lowest BCUT2D eigenvalue weighted by Crippen LogP contribution is -2.43. The third-order valence-electron chi connectivity index (χ3n) is 7.35. The number of nitrogens with zero attached hydrogens (tertiary/aromatic N) is 1. The van der Waals surface area contributed by atoms with Gasteiger partial charge in [-0.25, -0.2) is 0 Å². The average Bonchev–Trinajstić information content (AvgIpc) is 3.45. The second-order valence-corrected chi connectivity index (χ2v) is 10.1. The fraction of sp³-hybridized carbons (Fsp3) is 0.480. The SMILES string of the molecule is O=C(O)CCCN1CCC2(CC1)COc1cc(C3CC3c3c(Cl)cccc3Cl)ccc12. The first kappa shape index (κ1) is 21.1. The van der Waals surface area contributed by atoms with Crippen LogP contribution < -0.4 is 4.74 Å². The normalized spacial score (nSPS) is 24.1. The van der Waals surface area contributed by atoms with Crippen LogP contribution >= 0.6 is 23.2 Å². The van der Waals surface area contributed by atoms with Crippen molar-refractivity contribution in [2.45, 2.75) is 49.4 Å². The van der Waals surface area contributed by atoms with Gasteiger partial charge in [-0.3, -0.25) is 4.79 Å². The van der Waals surface area contributed by atoms with Crippen molar-refractivity contribution in [3.8, 4) is 5.75 Å². The average molecular weight is 460 g/mol. The number of fused-ring (bicyclic) bond motifs is 2. The minimum absolute atomic E-state index is 0.103. The lowest BCUT2D eigenvalue weighted by molar-refractivity contribution is -0.137. The van der Waals surface area contributed by atoms with Gasteiger partial charge in [-0.2, -0.15) is 0 Å². The van der Waals surface area contributed by atoms with Gasteiger partial charge < -0.3 is 14.7 Å². The molecule has 2 aromatic carbocycles. The van der Waals surface area contributed by atoms with E-state index in [0.29, 0.717) is 11.8 Å². The molecule has 1 spiro atoms. The number of aliphatic carboxylic acids is 1. The monoisotopic (exact) mass is 459 g/mol. The minimum atomic E-state index is -0.711. The molecule has 0 amide bonds. The smallest absolute Gasteiger partial charge is 0.303 e. The van der Waals surface area contributed by atoms with Gasteiger partial charge in [-0.1, -0.05) is 41.4 Å². The summed E-state index contributed by atoms with van der Waals surface area (Å²) in [4.78, 5) is 13.1. The summed E-state index contributed by atoms with van der Waals surface area (Å²) in [5.41, 5.74) is 3.83. The standard InChI is InChI=1S/C25H27Cl2NO3/c26-20-3-1-4-21(27)24(20)18-14-17(18)16-6-7-19-22(13-16)31-15-25(19)8-11-28(12-9-25)10-2-5-23(29)30/h1,3-4,6-7,13,17-18H,2,5,8-12,14-15H2,(H,29,30). The first-order chi connectivity index (χ1) is 15.0. The van der Waals surface area contributed by atoms with Gasteiger partial charge in [0, 0.05) is 27.4 Å². The summed E-state index contributed by atoms with van der Waals surface area (Å²) in [5, 5.41) is 10.4. The molecule has 3 aliphatic rings. The third-order valence-corrected chi connectivity index (χ3v) is 8.01. The topological polar surface area (TPSA) is 49.8 Å². The van der Waals surface area contributed by atoms with Crippen LogP contribution in [-0.4, -0.2) is 42.2 Å². The molecule has 0 bridgehead atoms. The van der Waals surface area contributed by atoms with Gasteiger partial charge in [0.2, 0.25) is 0 Å². The Morgan fingerprint density at radius 3 is 2.58 bits per heavy atom. The lowest BCUT2D eigenvalue weighted by Gasteiger charge is -2.38. The summed E-state index contributed by atoms with van der Waals surface area (Å²) in [5.74, 6) is 1.15. The van der Waals surface area contributed by atoms with Gasteiger partial charge in [0.1, 0.15) is 5.75 Å². The van der Waals surface area contributed by atoms with E-state index in [4.69, 9.17) is 33.0 Å². The lowest BCUT2D eigenvalue weighted by atomic mass is 9.74. The van der Waals surface area contributed by atoms with Crippen molar-refractivity contribution >= 4 is 29.2 Å². The molecule has 2 atom stereocenters. The molecule has 0 radical (unpaired) electrons. The van der Waals surface area contributed by atoms with Gasteiger partial charge in [-0.15, -0.1) is 0 Å². The molecule has 1 saturated heterocycles. The predicted molar refractivity (Wildman–Crippen MR) is 123 cm³/mol. The summed E-state index contributed by atoms with van der Waals surface area (Å²) < 4.78 is 6.20. The van der Waals surface area contributed by atoms with Crippen LogP contribution in [0.3, 0.4) is 0 Å². The maximum Gasteiger partial charge on any atom is 0.303 e. The Bertz CT molecular complexity index is 980. The summed E-state index contributed by atoms with van der Waals surface area (Å²) >= 11 is 12.9. The molecular formula is C25H27Cl2NO3. The second kappa shape index (κ2) is 8.31. The Morgan fingerprint density at radius 2 is 1.87 bits per heavy atom. The Balaban J connectivity index is 1.26. The fourth-order valence-electron chi connectivity index (χ4n) is 5.44. The Kier molecular flexibility index (Phi) is 5.66. The van der Waals surface area contributed by atoms with Crippen LogP contribution in [-0.2, 0) is 10.2 Å². The first-order valence-corrected chi connectivity index (χ1v) is 11.9. The largest absolute Gasteiger partial charge is 0.492 e. The zero-order valence-electron chi connectivity index (χ0n) is 17.4. The maximum atomic E-state index is 10.7.